The van der Waals surface area contributed by atoms with Gasteiger partial charge in [-0.1, -0.05) is 58.0 Å². The molecule has 0 heterocycles. The van der Waals surface area contributed by atoms with Crippen LogP contribution in [-0.2, 0) is 0 Å². The van der Waals surface area contributed by atoms with Crippen molar-refractivity contribution in [2.45, 2.75) is 45.6 Å². The molecule has 1 nitrogen and oxygen atoms in total. The summed E-state index contributed by atoms with van der Waals surface area (Å²) in [5, 5.41) is 10.6. The van der Waals surface area contributed by atoms with E-state index in [0.717, 1.165) is 11.1 Å². The van der Waals surface area contributed by atoms with Crippen LogP contribution in [-0.4, -0.2) is 5.11 Å². The van der Waals surface area contributed by atoms with Gasteiger partial charge in [0.2, 0.25) is 0 Å². The van der Waals surface area contributed by atoms with Gasteiger partial charge in [-0.3, -0.25) is 0 Å². The fraction of sp³-hybridized carbons (Fsp3) is 0.368. The third-order valence-electron chi connectivity index (χ3n) is 3.86. The molecular formula is C19H23FO. The molecule has 0 fully saturated rings. The lowest BCUT2D eigenvalue weighted by atomic mass is 9.87. The second kappa shape index (κ2) is 6.40. The van der Waals surface area contributed by atoms with E-state index in [0.29, 0.717) is 17.4 Å². The van der Waals surface area contributed by atoms with Gasteiger partial charge in [0.1, 0.15) is 11.9 Å². The highest BCUT2D eigenvalue weighted by atomic mass is 19.1. The van der Waals surface area contributed by atoms with Crippen molar-refractivity contribution in [3.63, 3.8) is 0 Å². The Labute approximate surface area is 126 Å². The van der Waals surface area contributed by atoms with Crippen molar-refractivity contribution in [3.8, 4) is 0 Å². The molecule has 0 amide bonds. The molecule has 21 heavy (non-hydrogen) atoms. The maximum Gasteiger partial charge on any atom is 0.123 e. The molecule has 1 unspecified atom stereocenters. The zero-order valence-corrected chi connectivity index (χ0v) is 13.1. The van der Waals surface area contributed by atoms with E-state index in [1.165, 1.54) is 17.7 Å². The van der Waals surface area contributed by atoms with Crippen LogP contribution in [0.5, 0.6) is 0 Å². The predicted molar refractivity (Wildman–Crippen MR) is 85.1 cm³/mol. The molecule has 1 atom stereocenters. The number of halogens is 1. The second-order valence-corrected chi connectivity index (χ2v) is 6.16. The van der Waals surface area contributed by atoms with Gasteiger partial charge in [0.25, 0.3) is 0 Å². The molecule has 1 N–H and O–H groups in total. The highest BCUT2D eigenvalue weighted by Gasteiger charge is 2.18. The van der Waals surface area contributed by atoms with Crippen LogP contribution in [0.4, 0.5) is 4.39 Å². The van der Waals surface area contributed by atoms with Crippen LogP contribution >= 0.6 is 0 Å². The maximum atomic E-state index is 13.4. The van der Waals surface area contributed by atoms with Crippen LogP contribution in [0.25, 0.3) is 0 Å². The zero-order valence-electron chi connectivity index (χ0n) is 13.1. The van der Waals surface area contributed by atoms with E-state index in [1.807, 2.05) is 12.1 Å². The lowest BCUT2D eigenvalue weighted by molar-refractivity contribution is 0.218. The minimum absolute atomic E-state index is 0.307. The van der Waals surface area contributed by atoms with Crippen LogP contribution < -0.4 is 0 Å². The van der Waals surface area contributed by atoms with Crippen molar-refractivity contribution >= 4 is 0 Å². The van der Waals surface area contributed by atoms with Crippen molar-refractivity contribution in [2.24, 2.45) is 0 Å². The summed E-state index contributed by atoms with van der Waals surface area (Å²) >= 11 is 0. The van der Waals surface area contributed by atoms with Crippen LogP contribution in [0.15, 0.2) is 42.5 Å². The van der Waals surface area contributed by atoms with Gasteiger partial charge in [0.15, 0.2) is 0 Å². The summed E-state index contributed by atoms with van der Waals surface area (Å²) in [4.78, 5) is 0. The second-order valence-electron chi connectivity index (χ2n) is 6.16. The summed E-state index contributed by atoms with van der Waals surface area (Å²) < 4.78 is 13.4. The Morgan fingerprint density at radius 3 is 2.10 bits per heavy atom. The Kier molecular flexibility index (Phi) is 4.79. The average Bonchev–Trinajstić information content (AvgIpc) is 2.45. The molecule has 0 saturated heterocycles. The van der Waals surface area contributed by atoms with Crippen LogP contribution in [0.2, 0.25) is 0 Å². The van der Waals surface area contributed by atoms with E-state index in [1.54, 1.807) is 12.1 Å². The quantitative estimate of drug-likeness (QED) is 0.823. The molecular weight excluding hydrogens is 263 g/mol. The smallest absolute Gasteiger partial charge is 0.123 e. The molecule has 2 heteroatoms. The van der Waals surface area contributed by atoms with Crippen LogP contribution in [0.3, 0.4) is 0 Å². The topological polar surface area (TPSA) is 20.2 Å². The summed E-state index contributed by atoms with van der Waals surface area (Å²) in [5.74, 6) is 0.432. The van der Waals surface area contributed by atoms with Gasteiger partial charge in [-0.15, -0.1) is 0 Å². The van der Waals surface area contributed by atoms with Crippen molar-refractivity contribution in [3.05, 3.63) is 70.5 Å². The molecule has 0 aliphatic carbocycles. The zero-order chi connectivity index (χ0) is 15.6. The number of hydrogen-bond donors (Lipinski definition) is 1. The molecule has 0 radical (unpaired) electrons. The Bertz CT molecular complexity index is 617. The van der Waals surface area contributed by atoms with Crippen molar-refractivity contribution in [2.75, 3.05) is 0 Å². The molecule has 2 rings (SSSR count). The summed E-state index contributed by atoms with van der Waals surface area (Å²) in [6.45, 7) is 8.53. The van der Waals surface area contributed by atoms with E-state index in [-0.39, 0.29) is 5.82 Å². The lowest BCUT2D eigenvalue weighted by Crippen LogP contribution is -2.06. The van der Waals surface area contributed by atoms with Crippen molar-refractivity contribution in [1.82, 2.24) is 0 Å². The SMILES string of the molecule is CC(C)c1ccc(C(O)c2cccc(F)c2)c(C(C)C)c1. The van der Waals surface area contributed by atoms with Gasteiger partial charge in [0, 0.05) is 0 Å². The minimum atomic E-state index is -0.792. The lowest BCUT2D eigenvalue weighted by Gasteiger charge is -2.20. The fourth-order valence-electron chi connectivity index (χ4n) is 2.56. The Balaban J connectivity index is 2.47. The normalized spacial score (nSPS) is 13.0. The third kappa shape index (κ3) is 3.51. The summed E-state index contributed by atoms with van der Waals surface area (Å²) in [6, 6.07) is 12.4. The standard InChI is InChI=1S/C19H23FO/c1-12(2)14-8-9-17(18(11-14)13(3)4)19(21)15-6-5-7-16(20)10-15/h5-13,19,21H,1-4H3. The molecule has 2 aromatic rings. The van der Waals surface area contributed by atoms with Crippen molar-refractivity contribution in [1.29, 1.82) is 0 Å². The van der Waals surface area contributed by atoms with Gasteiger partial charge in [-0.2, -0.15) is 0 Å². The molecule has 2 aromatic carbocycles. The van der Waals surface area contributed by atoms with Crippen molar-refractivity contribution < 1.29 is 9.50 Å². The molecule has 0 aliphatic rings. The fourth-order valence-corrected chi connectivity index (χ4v) is 2.56. The van der Waals surface area contributed by atoms with E-state index in [4.69, 9.17) is 0 Å². The highest BCUT2D eigenvalue weighted by molar-refractivity contribution is 5.41. The summed E-state index contributed by atoms with van der Waals surface area (Å²) in [7, 11) is 0. The van der Waals surface area contributed by atoms with E-state index < -0.39 is 6.10 Å². The largest absolute Gasteiger partial charge is 0.384 e. The number of aliphatic hydroxyl groups is 1. The predicted octanol–water partition coefficient (Wildman–Crippen LogP) is 5.15. The summed E-state index contributed by atoms with van der Waals surface area (Å²) in [5.41, 5.74) is 3.83. The molecule has 0 spiro atoms. The monoisotopic (exact) mass is 286 g/mol. The average molecular weight is 286 g/mol. The van der Waals surface area contributed by atoms with Gasteiger partial charge >= 0.3 is 0 Å². The van der Waals surface area contributed by atoms with E-state index in [2.05, 4.69) is 33.8 Å². The Morgan fingerprint density at radius 1 is 0.810 bits per heavy atom. The summed E-state index contributed by atoms with van der Waals surface area (Å²) in [6.07, 6.45) is -0.792. The van der Waals surface area contributed by atoms with Crippen LogP contribution in [0, 0.1) is 5.82 Å². The van der Waals surface area contributed by atoms with Gasteiger partial charge in [0.05, 0.1) is 0 Å². The maximum absolute atomic E-state index is 13.4. The highest BCUT2D eigenvalue weighted by Crippen LogP contribution is 2.32. The minimum Gasteiger partial charge on any atom is -0.384 e. The first kappa shape index (κ1) is 15.7. The van der Waals surface area contributed by atoms with Crippen LogP contribution in [0.1, 0.15) is 67.9 Å². The molecule has 0 saturated carbocycles. The molecule has 112 valence electrons. The molecule has 0 bridgehead atoms. The van der Waals surface area contributed by atoms with Gasteiger partial charge in [-0.25, -0.2) is 4.39 Å². The number of aliphatic hydroxyl groups excluding tert-OH is 1. The third-order valence-corrected chi connectivity index (χ3v) is 3.86. The molecule has 0 aromatic heterocycles. The van der Waals surface area contributed by atoms with E-state index in [9.17, 15) is 9.50 Å². The number of hydrogen-bond acceptors (Lipinski definition) is 1. The first-order valence-corrected chi connectivity index (χ1v) is 7.47. The van der Waals surface area contributed by atoms with E-state index >= 15 is 0 Å². The number of rotatable bonds is 4. The first-order chi connectivity index (χ1) is 9.90. The Hall–Kier alpha value is -1.67. The molecule has 0 aliphatic heterocycles. The first-order valence-electron chi connectivity index (χ1n) is 7.47. The Morgan fingerprint density at radius 2 is 1.52 bits per heavy atom. The van der Waals surface area contributed by atoms with Gasteiger partial charge < -0.3 is 5.11 Å². The van der Waals surface area contributed by atoms with Gasteiger partial charge in [-0.05, 0) is 46.2 Å². The number of benzene rings is 2.